The summed E-state index contributed by atoms with van der Waals surface area (Å²) >= 11 is 0. The summed E-state index contributed by atoms with van der Waals surface area (Å²) in [4.78, 5) is 4.85. The van der Waals surface area contributed by atoms with Gasteiger partial charge in [-0.3, -0.25) is 0 Å². The minimum Gasteiger partial charge on any atom is -0.310 e. The van der Waals surface area contributed by atoms with Crippen LogP contribution in [0.5, 0.6) is 0 Å². The van der Waals surface area contributed by atoms with Crippen molar-refractivity contribution in [3.63, 3.8) is 0 Å². The standard InChI is InChI=1S/C61H42N2/c1-4-16-43(17-5-1)45-28-30-46(31-29-45)48-34-38-51(39-35-48)62(50-36-32-47(33-37-50)44-18-6-2-7-19-44)52-40-41-56-54(42-52)53-22-10-11-23-55(53)61(56)57-24-12-14-26-59(57)63(49-20-8-3-9-21-49)60-27-15-13-25-58(60)61/h1-42H. The maximum atomic E-state index is 2.44. The van der Waals surface area contributed by atoms with Crippen LogP contribution in [0.15, 0.2) is 255 Å². The molecule has 0 atom stereocenters. The lowest BCUT2D eigenvalue weighted by molar-refractivity contribution is 0.752. The first-order chi connectivity index (χ1) is 31.3. The minimum atomic E-state index is -0.511. The van der Waals surface area contributed by atoms with E-state index in [1.807, 2.05) is 0 Å². The largest absolute Gasteiger partial charge is 0.310 e. The van der Waals surface area contributed by atoms with Gasteiger partial charge in [-0.05, 0) is 127 Å². The van der Waals surface area contributed by atoms with Crippen molar-refractivity contribution >= 4 is 34.1 Å². The van der Waals surface area contributed by atoms with Crippen LogP contribution in [0.2, 0.25) is 0 Å². The van der Waals surface area contributed by atoms with Gasteiger partial charge in [0, 0.05) is 22.7 Å². The third-order valence-corrected chi connectivity index (χ3v) is 13.1. The Morgan fingerprint density at radius 1 is 0.270 bits per heavy atom. The number of rotatable bonds is 7. The second-order valence-electron chi connectivity index (χ2n) is 16.5. The van der Waals surface area contributed by atoms with E-state index in [9.17, 15) is 0 Å². The summed E-state index contributed by atoms with van der Waals surface area (Å²) in [5.74, 6) is 0. The first-order valence-electron chi connectivity index (χ1n) is 21.8. The molecule has 0 bridgehead atoms. The number of benzene rings is 10. The Balaban J connectivity index is 1.01. The maximum absolute atomic E-state index is 2.44. The van der Waals surface area contributed by atoms with Crippen molar-refractivity contribution in [1.82, 2.24) is 0 Å². The lowest BCUT2D eigenvalue weighted by Crippen LogP contribution is -2.36. The lowest BCUT2D eigenvalue weighted by Gasteiger charge is -2.45. The molecule has 0 unspecified atom stereocenters. The van der Waals surface area contributed by atoms with Gasteiger partial charge in [-0.15, -0.1) is 0 Å². The average Bonchev–Trinajstić information content (AvgIpc) is 3.65. The van der Waals surface area contributed by atoms with E-state index in [0.29, 0.717) is 0 Å². The molecule has 296 valence electrons. The van der Waals surface area contributed by atoms with E-state index >= 15 is 0 Å². The zero-order valence-corrected chi connectivity index (χ0v) is 34.6. The third kappa shape index (κ3) is 5.95. The minimum absolute atomic E-state index is 0.511. The van der Waals surface area contributed by atoms with Crippen molar-refractivity contribution in [1.29, 1.82) is 0 Å². The molecule has 12 rings (SSSR count). The molecule has 2 heteroatoms. The average molecular weight is 803 g/mol. The molecule has 10 aromatic carbocycles. The van der Waals surface area contributed by atoms with Gasteiger partial charge in [0.25, 0.3) is 0 Å². The molecule has 10 aromatic rings. The van der Waals surface area contributed by atoms with Gasteiger partial charge in [0.15, 0.2) is 0 Å². The highest BCUT2D eigenvalue weighted by Crippen LogP contribution is 2.63. The number of anilines is 6. The molecule has 0 aromatic heterocycles. The van der Waals surface area contributed by atoms with E-state index in [-0.39, 0.29) is 0 Å². The van der Waals surface area contributed by atoms with Gasteiger partial charge in [0.05, 0.1) is 16.8 Å². The van der Waals surface area contributed by atoms with Crippen molar-refractivity contribution in [3.05, 3.63) is 277 Å². The third-order valence-electron chi connectivity index (χ3n) is 13.1. The SMILES string of the molecule is c1ccc(-c2ccc(-c3ccc(N(c4ccc(-c5ccccc5)cc4)c4ccc5c(c4)-c4ccccc4C54c5ccccc5N(c5ccccc5)c5ccccc54)cc3)cc2)cc1. The van der Waals surface area contributed by atoms with Crippen LogP contribution in [0.4, 0.5) is 34.1 Å². The van der Waals surface area contributed by atoms with Gasteiger partial charge < -0.3 is 9.80 Å². The van der Waals surface area contributed by atoms with Gasteiger partial charge in [-0.25, -0.2) is 0 Å². The van der Waals surface area contributed by atoms with Crippen LogP contribution in [0, 0.1) is 0 Å². The van der Waals surface area contributed by atoms with Crippen LogP contribution >= 0.6 is 0 Å². The summed E-state index contributed by atoms with van der Waals surface area (Å²) < 4.78 is 0. The summed E-state index contributed by atoms with van der Waals surface area (Å²) in [7, 11) is 0. The molecule has 1 heterocycles. The van der Waals surface area contributed by atoms with Crippen LogP contribution in [-0.2, 0) is 5.41 Å². The molecule has 0 saturated carbocycles. The summed E-state index contributed by atoms with van der Waals surface area (Å²) in [6.45, 7) is 0. The van der Waals surface area contributed by atoms with Crippen molar-refractivity contribution in [2.45, 2.75) is 5.41 Å². The van der Waals surface area contributed by atoms with Crippen LogP contribution in [0.3, 0.4) is 0 Å². The van der Waals surface area contributed by atoms with Crippen molar-refractivity contribution < 1.29 is 0 Å². The van der Waals surface area contributed by atoms with Crippen molar-refractivity contribution in [2.75, 3.05) is 9.80 Å². The highest BCUT2D eigenvalue weighted by molar-refractivity contribution is 5.97. The van der Waals surface area contributed by atoms with E-state index in [1.165, 1.54) is 78.1 Å². The molecule has 1 aliphatic heterocycles. The fourth-order valence-corrected chi connectivity index (χ4v) is 10.3. The molecular weight excluding hydrogens is 761 g/mol. The Bertz CT molecular complexity index is 3200. The lowest BCUT2D eigenvalue weighted by atomic mass is 9.64. The molecule has 1 aliphatic carbocycles. The summed E-state index contributed by atoms with van der Waals surface area (Å²) in [5.41, 5.74) is 21.3. The van der Waals surface area contributed by atoms with Crippen LogP contribution in [-0.4, -0.2) is 0 Å². The van der Waals surface area contributed by atoms with Gasteiger partial charge in [0.2, 0.25) is 0 Å². The maximum Gasteiger partial charge on any atom is 0.0754 e. The second kappa shape index (κ2) is 15.1. The molecule has 0 N–H and O–H groups in total. The number of hydrogen-bond donors (Lipinski definition) is 0. The van der Waals surface area contributed by atoms with Crippen LogP contribution in [0.25, 0.3) is 44.5 Å². The topological polar surface area (TPSA) is 6.48 Å². The van der Waals surface area contributed by atoms with E-state index in [2.05, 4.69) is 265 Å². The number of para-hydroxylation sites is 3. The number of fused-ring (bicyclic) bond motifs is 9. The zero-order chi connectivity index (χ0) is 41.7. The van der Waals surface area contributed by atoms with Gasteiger partial charge in [0.1, 0.15) is 0 Å². The Morgan fingerprint density at radius 3 is 1.14 bits per heavy atom. The van der Waals surface area contributed by atoms with Gasteiger partial charge in [-0.2, -0.15) is 0 Å². The van der Waals surface area contributed by atoms with Crippen LogP contribution in [0.1, 0.15) is 22.3 Å². The highest BCUT2D eigenvalue weighted by Gasteiger charge is 2.51. The Labute approximate surface area is 369 Å². The number of nitrogens with zero attached hydrogens (tertiary/aromatic N) is 2. The van der Waals surface area contributed by atoms with E-state index in [1.54, 1.807) is 0 Å². The quantitative estimate of drug-likeness (QED) is 0.158. The molecule has 2 nitrogen and oxygen atoms in total. The van der Waals surface area contributed by atoms with E-state index in [4.69, 9.17) is 0 Å². The normalized spacial score (nSPS) is 12.9. The first-order valence-corrected chi connectivity index (χ1v) is 21.8. The van der Waals surface area contributed by atoms with Gasteiger partial charge >= 0.3 is 0 Å². The van der Waals surface area contributed by atoms with Crippen molar-refractivity contribution in [2.24, 2.45) is 0 Å². The molecule has 1 spiro atoms. The molecule has 0 fully saturated rings. The van der Waals surface area contributed by atoms with E-state index < -0.39 is 5.41 Å². The highest BCUT2D eigenvalue weighted by atomic mass is 15.2. The second-order valence-corrected chi connectivity index (χ2v) is 16.5. The molecule has 0 saturated heterocycles. The fraction of sp³-hybridized carbons (Fsp3) is 0.0164. The molecule has 2 aliphatic rings. The summed E-state index contributed by atoms with van der Waals surface area (Å²) in [5, 5.41) is 0. The Morgan fingerprint density at radius 2 is 0.635 bits per heavy atom. The summed E-state index contributed by atoms with van der Waals surface area (Å²) in [6, 6.07) is 93.2. The summed E-state index contributed by atoms with van der Waals surface area (Å²) in [6.07, 6.45) is 0. The van der Waals surface area contributed by atoms with Crippen LogP contribution < -0.4 is 9.80 Å². The molecular formula is C61H42N2. The predicted molar refractivity (Wildman–Crippen MR) is 263 cm³/mol. The number of hydrogen-bond acceptors (Lipinski definition) is 2. The monoisotopic (exact) mass is 802 g/mol. The Hall–Kier alpha value is -8.20. The van der Waals surface area contributed by atoms with Crippen molar-refractivity contribution in [3.8, 4) is 44.5 Å². The molecule has 63 heavy (non-hydrogen) atoms. The predicted octanol–water partition coefficient (Wildman–Crippen LogP) is 16.3. The van der Waals surface area contributed by atoms with Gasteiger partial charge in [-0.1, -0.05) is 194 Å². The fourth-order valence-electron chi connectivity index (χ4n) is 10.3. The zero-order valence-electron chi connectivity index (χ0n) is 34.6. The molecule has 0 amide bonds. The smallest absolute Gasteiger partial charge is 0.0754 e. The van der Waals surface area contributed by atoms with E-state index in [0.717, 1.165) is 22.7 Å². The first kappa shape index (κ1) is 36.6. The molecule has 0 radical (unpaired) electrons. The Kier molecular flexibility index (Phi) is 8.76.